The lowest BCUT2D eigenvalue weighted by molar-refractivity contribution is -0.118. The van der Waals surface area contributed by atoms with Gasteiger partial charge in [-0.2, -0.15) is 0 Å². The van der Waals surface area contributed by atoms with Crippen LogP contribution >= 0.6 is 15.9 Å². The summed E-state index contributed by atoms with van der Waals surface area (Å²) < 4.78 is 17.4. The third-order valence-corrected chi connectivity index (χ3v) is 4.34. The molecular weight excluding hydrogens is 386 g/mol. The van der Waals surface area contributed by atoms with Crippen LogP contribution in [0.15, 0.2) is 40.9 Å². The topological polar surface area (TPSA) is 56.8 Å². The highest BCUT2D eigenvalue weighted by atomic mass is 79.9. The van der Waals surface area contributed by atoms with E-state index in [1.165, 1.54) is 5.56 Å². The van der Waals surface area contributed by atoms with Gasteiger partial charge in [-0.25, -0.2) is 0 Å². The molecule has 0 unspecified atom stereocenters. The first-order chi connectivity index (χ1) is 12.2. The summed E-state index contributed by atoms with van der Waals surface area (Å²) in [5.41, 5.74) is 1.89. The lowest BCUT2D eigenvalue weighted by atomic mass is 10.1. The predicted octanol–water partition coefficient (Wildman–Crippen LogP) is 4.19. The lowest BCUT2D eigenvalue weighted by Gasteiger charge is -2.19. The normalized spacial score (nSPS) is 12.6. The van der Waals surface area contributed by atoms with Crippen molar-refractivity contribution in [3.05, 3.63) is 46.4 Å². The molecule has 1 heterocycles. The number of halogens is 1. The number of fused-ring (bicyclic) bond motifs is 1. The van der Waals surface area contributed by atoms with Crippen LogP contribution in [0, 0.1) is 0 Å². The molecule has 1 amide bonds. The summed E-state index contributed by atoms with van der Waals surface area (Å²) >= 11 is 3.49. The van der Waals surface area contributed by atoms with E-state index in [9.17, 15) is 4.79 Å². The van der Waals surface area contributed by atoms with Gasteiger partial charge in [-0.1, -0.05) is 19.4 Å². The highest BCUT2D eigenvalue weighted by Crippen LogP contribution is 2.32. The van der Waals surface area contributed by atoms with E-state index in [0.29, 0.717) is 36.1 Å². The van der Waals surface area contributed by atoms with E-state index in [-0.39, 0.29) is 12.5 Å². The highest BCUT2D eigenvalue weighted by molar-refractivity contribution is 9.10. The Kier molecular flexibility index (Phi) is 5.81. The van der Waals surface area contributed by atoms with E-state index >= 15 is 0 Å². The number of carbonyl (C=O) groups is 1. The third kappa shape index (κ3) is 4.66. The average Bonchev–Trinajstić information content (AvgIpc) is 2.61. The van der Waals surface area contributed by atoms with E-state index in [1.807, 2.05) is 18.2 Å². The summed E-state index contributed by atoms with van der Waals surface area (Å²) in [4.78, 5) is 12.1. The Morgan fingerprint density at radius 2 is 1.96 bits per heavy atom. The summed E-state index contributed by atoms with van der Waals surface area (Å²) in [6, 6.07) is 11.2. The summed E-state index contributed by atoms with van der Waals surface area (Å²) in [5.74, 6) is 1.74. The van der Waals surface area contributed by atoms with Gasteiger partial charge >= 0.3 is 0 Å². The van der Waals surface area contributed by atoms with E-state index in [1.54, 1.807) is 18.2 Å². The molecule has 0 aromatic heterocycles. The van der Waals surface area contributed by atoms with Crippen molar-refractivity contribution in [3.8, 4) is 17.2 Å². The summed E-state index contributed by atoms with van der Waals surface area (Å²) in [6.45, 7) is 3.12. The fraction of sp³-hybridized carbons (Fsp3) is 0.316. The van der Waals surface area contributed by atoms with Gasteiger partial charge in [0.1, 0.15) is 19.0 Å². The molecule has 0 saturated carbocycles. The number of hydrogen-bond donors (Lipinski definition) is 1. The van der Waals surface area contributed by atoms with Crippen LogP contribution in [0.1, 0.15) is 18.9 Å². The highest BCUT2D eigenvalue weighted by Gasteiger charge is 2.13. The number of hydrogen-bond acceptors (Lipinski definition) is 4. The second-order valence-corrected chi connectivity index (χ2v) is 6.56. The Morgan fingerprint density at radius 3 is 2.72 bits per heavy atom. The van der Waals surface area contributed by atoms with Gasteiger partial charge in [0, 0.05) is 11.8 Å². The second-order valence-electron chi connectivity index (χ2n) is 5.71. The maximum atomic E-state index is 12.1. The van der Waals surface area contributed by atoms with E-state index < -0.39 is 0 Å². The number of anilines is 1. The second kappa shape index (κ2) is 8.25. The fourth-order valence-corrected chi connectivity index (χ4v) is 3.11. The van der Waals surface area contributed by atoms with Gasteiger partial charge in [0.15, 0.2) is 18.1 Å². The number of rotatable bonds is 6. The molecule has 0 spiro atoms. The molecule has 5 nitrogen and oxygen atoms in total. The Balaban J connectivity index is 1.56. The van der Waals surface area contributed by atoms with Crippen LogP contribution in [0.25, 0.3) is 0 Å². The van der Waals surface area contributed by atoms with Crippen LogP contribution in [0.4, 0.5) is 5.69 Å². The number of ether oxygens (including phenoxy) is 3. The Bertz CT molecular complexity index is 763. The summed E-state index contributed by atoms with van der Waals surface area (Å²) in [7, 11) is 0. The third-order valence-electron chi connectivity index (χ3n) is 3.72. The summed E-state index contributed by atoms with van der Waals surface area (Å²) in [5, 5.41) is 2.80. The predicted molar refractivity (Wildman–Crippen MR) is 99.7 cm³/mol. The zero-order chi connectivity index (χ0) is 17.6. The first-order valence-electron chi connectivity index (χ1n) is 8.26. The Hall–Kier alpha value is -2.21. The molecule has 0 aliphatic carbocycles. The van der Waals surface area contributed by atoms with Crippen molar-refractivity contribution in [2.75, 3.05) is 25.1 Å². The molecule has 25 heavy (non-hydrogen) atoms. The zero-order valence-electron chi connectivity index (χ0n) is 14.0. The monoisotopic (exact) mass is 405 g/mol. The number of nitrogens with one attached hydrogen (secondary N) is 1. The molecule has 2 aromatic carbocycles. The smallest absolute Gasteiger partial charge is 0.262 e. The number of benzene rings is 2. The van der Waals surface area contributed by atoms with Crippen LogP contribution in [0.5, 0.6) is 17.2 Å². The SMILES string of the molecule is CCCc1ccc(OCC(=O)Nc2ccc3c(c2)OCCO3)c(Br)c1. The van der Waals surface area contributed by atoms with E-state index in [0.717, 1.165) is 17.3 Å². The Labute approximate surface area is 155 Å². The van der Waals surface area contributed by atoms with Crippen LogP contribution in [0.3, 0.4) is 0 Å². The molecule has 0 atom stereocenters. The van der Waals surface area contributed by atoms with Crippen LogP contribution in [0.2, 0.25) is 0 Å². The minimum atomic E-state index is -0.235. The van der Waals surface area contributed by atoms with Crippen molar-refractivity contribution in [1.29, 1.82) is 0 Å². The molecule has 1 N–H and O–H groups in total. The van der Waals surface area contributed by atoms with Crippen molar-refractivity contribution >= 4 is 27.5 Å². The van der Waals surface area contributed by atoms with Crippen molar-refractivity contribution < 1.29 is 19.0 Å². The van der Waals surface area contributed by atoms with Gasteiger partial charge in [-0.3, -0.25) is 4.79 Å². The van der Waals surface area contributed by atoms with E-state index in [4.69, 9.17) is 14.2 Å². The maximum absolute atomic E-state index is 12.1. The quantitative estimate of drug-likeness (QED) is 0.782. The number of aryl methyl sites for hydroxylation is 1. The number of amides is 1. The fourth-order valence-electron chi connectivity index (χ4n) is 2.57. The minimum Gasteiger partial charge on any atom is -0.486 e. The van der Waals surface area contributed by atoms with Gasteiger partial charge in [-0.05, 0) is 52.2 Å². The first-order valence-corrected chi connectivity index (χ1v) is 9.05. The molecule has 3 rings (SSSR count). The Morgan fingerprint density at radius 1 is 1.16 bits per heavy atom. The summed E-state index contributed by atoms with van der Waals surface area (Å²) in [6.07, 6.45) is 2.11. The molecule has 0 fully saturated rings. The number of carbonyl (C=O) groups excluding carboxylic acids is 1. The molecule has 1 aliphatic rings. The molecule has 0 radical (unpaired) electrons. The molecule has 0 bridgehead atoms. The first kappa shape index (κ1) is 17.6. The standard InChI is InChI=1S/C19H20BrNO4/c1-2-3-13-4-6-16(15(20)10-13)25-12-19(22)21-14-5-7-17-18(11-14)24-9-8-23-17/h4-7,10-11H,2-3,8-9,12H2,1H3,(H,21,22). The molecule has 0 saturated heterocycles. The van der Waals surface area contributed by atoms with Gasteiger partial charge < -0.3 is 19.5 Å². The molecule has 1 aliphatic heterocycles. The molecular formula is C19H20BrNO4. The van der Waals surface area contributed by atoms with Crippen LogP contribution < -0.4 is 19.5 Å². The van der Waals surface area contributed by atoms with Gasteiger partial charge in [0.2, 0.25) is 0 Å². The van der Waals surface area contributed by atoms with Gasteiger partial charge in [-0.15, -0.1) is 0 Å². The lowest BCUT2D eigenvalue weighted by Crippen LogP contribution is -2.21. The molecule has 2 aromatic rings. The van der Waals surface area contributed by atoms with Crippen molar-refractivity contribution in [2.45, 2.75) is 19.8 Å². The molecule has 6 heteroatoms. The minimum absolute atomic E-state index is 0.0693. The van der Waals surface area contributed by atoms with Crippen molar-refractivity contribution in [2.24, 2.45) is 0 Å². The molecule has 132 valence electrons. The zero-order valence-corrected chi connectivity index (χ0v) is 15.6. The van der Waals surface area contributed by atoms with Gasteiger partial charge in [0.05, 0.1) is 4.47 Å². The van der Waals surface area contributed by atoms with Crippen molar-refractivity contribution in [1.82, 2.24) is 0 Å². The van der Waals surface area contributed by atoms with E-state index in [2.05, 4.69) is 28.2 Å². The largest absolute Gasteiger partial charge is 0.486 e. The maximum Gasteiger partial charge on any atom is 0.262 e. The average molecular weight is 406 g/mol. The van der Waals surface area contributed by atoms with Crippen molar-refractivity contribution in [3.63, 3.8) is 0 Å². The van der Waals surface area contributed by atoms with Crippen LogP contribution in [-0.4, -0.2) is 25.7 Å². The van der Waals surface area contributed by atoms with Crippen LogP contribution in [-0.2, 0) is 11.2 Å². The van der Waals surface area contributed by atoms with Gasteiger partial charge in [0.25, 0.3) is 5.91 Å².